The van der Waals surface area contributed by atoms with Crippen LogP contribution in [0, 0.1) is 5.92 Å². The van der Waals surface area contributed by atoms with Crippen molar-refractivity contribution in [2.75, 3.05) is 18.1 Å². The van der Waals surface area contributed by atoms with Gasteiger partial charge in [0.1, 0.15) is 0 Å². The molecule has 1 unspecified atom stereocenters. The Morgan fingerprint density at radius 2 is 2.25 bits per heavy atom. The molecule has 2 nitrogen and oxygen atoms in total. The van der Waals surface area contributed by atoms with Crippen LogP contribution in [0.5, 0.6) is 0 Å². The summed E-state index contributed by atoms with van der Waals surface area (Å²) in [5, 5.41) is 2.79. The van der Waals surface area contributed by atoms with Gasteiger partial charge >= 0.3 is 0 Å². The molecule has 1 N–H and O–H groups in total. The zero-order valence-corrected chi connectivity index (χ0v) is 11.4. The van der Waals surface area contributed by atoms with Crippen LogP contribution in [-0.2, 0) is 4.79 Å². The van der Waals surface area contributed by atoms with Crippen molar-refractivity contribution < 1.29 is 4.79 Å². The summed E-state index contributed by atoms with van der Waals surface area (Å²) in [6, 6.07) is 0. The first-order valence-corrected chi connectivity index (χ1v) is 7.38. The summed E-state index contributed by atoms with van der Waals surface area (Å²) in [5.41, 5.74) is 0. The highest BCUT2D eigenvalue weighted by molar-refractivity contribution is 7.99. The van der Waals surface area contributed by atoms with Gasteiger partial charge in [-0.1, -0.05) is 39.7 Å². The zero-order chi connectivity index (χ0) is 12.2. The van der Waals surface area contributed by atoms with E-state index in [0.29, 0.717) is 0 Å². The van der Waals surface area contributed by atoms with Gasteiger partial charge in [0.15, 0.2) is 0 Å². The van der Waals surface area contributed by atoms with Crippen molar-refractivity contribution in [1.82, 2.24) is 5.32 Å². The highest BCUT2D eigenvalue weighted by Gasteiger charge is 2.05. The molecule has 0 saturated heterocycles. The maximum absolute atomic E-state index is 10.9. The third kappa shape index (κ3) is 8.84. The minimum Gasteiger partial charge on any atom is -0.352 e. The van der Waals surface area contributed by atoms with Gasteiger partial charge in [0.25, 0.3) is 0 Å². The van der Waals surface area contributed by atoms with Crippen molar-refractivity contribution >= 4 is 17.7 Å². The Morgan fingerprint density at radius 3 is 2.81 bits per heavy atom. The fourth-order valence-electron chi connectivity index (χ4n) is 1.47. The van der Waals surface area contributed by atoms with Crippen molar-refractivity contribution in [1.29, 1.82) is 0 Å². The van der Waals surface area contributed by atoms with Crippen LogP contribution < -0.4 is 5.32 Å². The van der Waals surface area contributed by atoms with Gasteiger partial charge in [0.05, 0.1) is 0 Å². The molecule has 0 heterocycles. The maximum Gasteiger partial charge on any atom is 0.243 e. The lowest BCUT2D eigenvalue weighted by atomic mass is 10.0. The first-order valence-electron chi connectivity index (χ1n) is 6.22. The molecule has 0 aromatic heterocycles. The smallest absolute Gasteiger partial charge is 0.243 e. The Kier molecular flexibility index (Phi) is 10.8. The van der Waals surface area contributed by atoms with E-state index in [1.54, 1.807) is 0 Å². The fraction of sp³-hybridized carbons (Fsp3) is 0.769. The quantitative estimate of drug-likeness (QED) is 0.471. The number of nitrogens with one attached hydrogen (secondary N) is 1. The third-order valence-electron chi connectivity index (χ3n) is 2.63. The second-order valence-corrected chi connectivity index (χ2v) is 5.14. The van der Waals surface area contributed by atoms with Crippen molar-refractivity contribution in [3.05, 3.63) is 12.7 Å². The average molecular weight is 243 g/mol. The standard InChI is InChI=1S/C13H25NOS/c1-4-7-8-12(5-2)11-16-10-9-14-13(15)6-3/h6,12H,3-5,7-11H2,1-2H3,(H,14,15). The highest BCUT2D eigenvalue weighted by atomic mass is 32.2. The van der Waals surface area contributed by atoms with Crippen LogP contribution in [0.15, 0.2) is 12.7 Å². The van der Waals surface area contributed by atoms with Crippen molar-refractivity contribution in [2.24, 2.45) is 5.92 Å². The molecule has 0 aliphatic heterocycles. The van der Waals surface area contributed by atoms with Crippen molar-refractivity contribution in [3.63, 3.8) is 0 Å². The summed E-state index contributed by atoms with van der Waals surface area (Å²) in [7, 11) is 0. The molecule has 3 heteroatoms. The summed E-state index contributed by atoms with van der Waals surface area (Å²) in [5.74, 6) is 3.00. The molecule has 94 valence electrons. The van der Waals surface area contributed by atoms with Gasteiger partial charge in [0.2, 0.25) is 5.91 Å². The molecule has 1 atom stereocenters. The van der Waals surface area contributed by atoms with E-state index in [1.165, 1.54) is 37.5 Å². The second kappa shape index (κ2) is 11.1. The second-order valence-electron chi connectivity index (χ2n) is 3.99. The Balaban J connectivity index is 3.40. The van der Waals surface area contributed by atoms with Crippen molar-refractivity contribution in [2.45, 2.75) is 39.5 Å². The van der Waals surface area contributed by atoms with Gasteiger partial charge in [-0.2, -0.15) is 11.8 Å². The summed E-state index contributed by atoms with van der Waals surface area (Å²) < 4.78 is 0. The largest absolute Gasteiger partial charge is 0.352 e. The van der Waals surface area contributed by atoms with Gasteiger partial charge < -0.3 is 5.32 Å². The lowest BCUT2D eigenvalue weighted by Gasteiger charge is -2.13. The van der Waals surface area contributed by atoms with E-state index in [4.69, 9.17) is 0 Å². The molecule has 16 heavy (non-hydrogen) atoms. The van der Waals surface area contributed by atoms with Gasteiger partial charge in [-0.05, 0) is 24.2 Å². The van der Waals surface area contributed by atoms with Gasteiger partial charge in [0, 0.05) is 12.3 Å². The lowest BCUT2D eigenvalue weighted by Crippen LogP contribution is -2.23. The minimum absolute atomic E-state index is 0.0707. The molecule has 0 aliphatic rings. The predicted molar refractivity (Wildman–Crippen MR) is 73.8 cm³/mol. The van der Waals surface area contributed by atoms with E-state index in [9.17, 15) is 4.79 Å². The molecular weight excluding hydrogens is 218 g/mol. The van der Waals surface area contributed by atoms with Crippen molar-refractivity contribution in [3.8, 4) is 0 Å². The van der Waals surface area contributed by atoms with Gasteiger partial charge in [-0.3, -0.25) is 4.79 Å². The molecule has 0 aliphatic carbocycles. The summed E-state index contributed by atoms with van der Waals surface area (Å²) >= 11 is 1.94. The van der Waals surface area contributed by atoms with E-state index in [2.05, 4.69) is 25.7 Å². The molecule has 0 aromatic carbocycles. The molecular formula is C13H25NOS. The zero-order valence-electron chi connectivity index (χ0n) is 10.6. The number of thioether (sulfide) groups is 1. The van der Waals surface area contributed by atoms with Crippen LogP contribution in [0.1, 0.15) is 39.5 Å². The minimum atomic E-state index is -0.0707. The number of hydrogen-bond acceptors (Lipinski definition) is 2. The monoisotopic (exact) mass is 243 g/mol. The van der Waals surface area contributed by atoms with Crippen LogP contribution in [-0.4, -0.2) is 24.0 Å². The predicted octanol–water partition coefficient (Wildman–Crippen LogP) is 3.24. The van der Waals surface area contributed by atoms with E-state index in [0.717, 1.165) is 18.2 Å². The Hall–Kier alpha value is -0.440. The number of amides is 1. The SMILES string of the molecule is C=CC(=O)NCCSCC(CC)CCCC. The number of unbranched alkanes of at least 4 members (excludes halogenated alkanes) is 1. The average Bonchev–Trinajstić information content (AvgIpc) is 2.32. The number of hydrogen-bond donors (Lipinski definition) is 1. The van der Waals surface area contributed by atoms with Crippen LogP contribution in [0.4, 0.5) is 0 Å². The molecule has 0 saturated carbocycles. The summed E-state index contributed by atoms with van der Waals surface area (Å²) in [6.45, 7) is 8.67. The normalized spacial score (nSPS) is 12.1. The highest BCUT2D eigenvalue weighted by Crippen LogP contribution is 2.17. The van der Waals surface area contributed by atoms with E-state index < -0.39 is 0 Å². The Morgan fingerprint density at radius 1 is 1.50 bits per heavy atom. The third-order valence-corrected chi connectivity index (χ3v) is 3.83. The fourth-order valence-corrected chi connectivity index (χ4v) is 2.62. The van der Waals surface area contributed by atoms with Gasteiger partial charge in [-0.15, -0.1) is 0 Å². The molecule has 1 amide bonds. The Bertz CT molecular complexity index is 194. The van der Waals surface area contributed by atoms with Crippen LogP contribution in [0.3, 0.4) is 0 Å². The molecule has 0 radical (unpaired) electrons. The number of rotatable bonds is 10. The van der Waals surface area contributed by atoms with E-state index in [-0.39, 0.29) is 5.91 Å². The first-order chi connectivity index (χ1) is 7.74. The van der Waals surface area contributed by atoms with Crippen LogP contribution in [0.2, 0.25) is 0 Å². The Labute approximate surface area is 104 Å². The lowest BCUT2D eigenvalue weighted by molar-refractivity contribution is -0.116. The van der Waals surface area contributed by atoms with Gasteiger partial charge in [-0.25, -0.2) is 0 Å². The van der Waals surface area contributed by atoms with E-state index >= 15 is 0 Å². The molecule has 0 spiro atoms. The van der Waals surface area contributed by atoms with E-state index in [1.807, 2.05) is 11.8 Å². The number of carbonyl (C=O) groups is 1. The molecule has 0 bridgehead atoms. The maximum atomic E-state index is 10.9. The van der Waals surface area contributed by atoms with Crippen LogP contribution in [0.25, 0.3) is 0 Å². The molecule has 0 aromatic rings. The number of carbonyl (C=O) groups excluding carboxylic acids is 1. The summed E-state index contributed by atoms with van der Waals surface area (Å²) in [6.07, 6.45) is 6.56. The molecule has 0 fully saturated rings. The summed E-state index contributed by atoms with van der Waals surface area (Å²) in [4.78, 5) is 10.9. The van der Waals surface area contributed by atoms with Crippen LogP contribution >= 0.6 is 11.8 Å². The molecule has 0 rings (SSSR count). The first kappa shape index (κ1) is 15.6. The topological polar surface area (TPSA) is 29.1 Å².